The van der Waals surface area contributed by atoms with Crippen LogP contribution < -0.4 is 0 Å². The molecule has 0 saturated carbocycles. The van der Waals surface area contributed by atoms with Gasteiger partial charge in [0.25, 0.3) is 5.91 Å². The van der Waals surface area contributed by atoms with Crippen molar-refractivity contribution >= 4 is 17.8 Å². The fourth-order valence-corrected chi connectivity index (χ4v) is 4.25. The number of nitrogens with zero attached hydrogens (tertiary/aromatic N) is 3. The summed E-state index contributed by atoms with van der Waals surface area (Å²) in [6.07, 6.45) is -1.98. The van der Waals surface area contributed by atoms with Crippen molar-refractivity contribution in [2.75, 3.05) is 45.9 Å². The molecular formula is C23H29F6N3O7. The first-order chi connectivity index (χ1) is 18.1. The minimum Gasteiger partial charge on any atom is -0.475 e. The Hall–Kier alpha value is -2.98. The van der Waals surface area contributed by atoms with Gasteiger partial charge in [0.05, 0.1) is 31.4 Å². The zero-order valence-corrected chi connectivity index (χ0v) is 20.7. The van der Waals surface area contributed by atoms with Crippen LogP contribution in [0.3, 0.4) is 0 Å². The number of likely N-dealkylation sites (tertiary alicyclic amines) is 1. The molecular weight excluding hydrogens is 544 g/mol. The topological polar surface area (TPSA) is 129 Å². The smallest absolute Gasteiger partial charge is 0.475 e. The molecule has 1 aromatic rings. The molecule has 3 aliphatic heterocycles. The van der Waals surface area contributed by atoms with Crippen molar-refractivity contribution < 1.29 is 60.4 Å². The molecule has 0 radical (unpaired) electrons. The number of aromatic nitrogens is 1. The van der Waals surface area contributed by atoms with Crippen LogP contribution in [0, 0.1) is 0 Å². The van der Waals surface area contributed by atoms with E-state index in [2.05, 4.69) is 9.88 Å². The summed E-state index contributed by atoms with van der Waals surface area (Å²) in [5.41, 5.74) is 0.282. The number of carboxylic acid groups (broad SMARTS) is 2. The first-order valence-electron chi connectivity index (χ1n) is 11.9. The number of alkyl halides is 6. The number of rotatable bonds is 3. The molecule has 3 aliphatic rings. The molecule has 3 saturated heterocycles. The Morgan fingerprint density at radius 1 is 1.03 bits per heavy atom. The number of ether oxygens (including phenoxy) is 2. The number of carboxylic acids is 2. The van der Waals surface area contributed by atoms with Gasteiger partial charge in [0.1, 0.15) is 5.60 Å². The number of hydrogen-bond acceptors (Lipinski definition) is 7. The number of hydrogen-bond donors (Lipinski definition) is 2. The van der Waals surface area contributed by atoms with Gasteiger partial charge < -0.3 is 29.5 Å². The Balaban J connectivity index is 0.000000317. The van der Waals surface area contributed by atoms with Gasteiger partial charge in [0.15, 0.2) is 0 Å². The lowest BCUT2D eigenvalue weighted by Crippen LogP contribution is -2.47. The summed E-state index contributed by atoms with van der Waals surface area (Å²) < 4.78 is 75.8. The van der Waals surface area contributed by atoms with Gasteiger partial charge in [-0.05, 0) is 50.9 Å². The van der Waals surface area contributed by atoms with Gasteiger partial charge in [-0.15, -0.1) is 0 Å². The second-order valence-electron chi connectivity index (χ2n) is 9.10. The summed E-state index contributed by atoms with van der Waals surface area (Å²) in [5, 5.41) is 14.2. The summed E-state index contributed by atoms with van der Waals surface area (Å²) in [7, 11) is 0. The first kappa shape index (κ1) is 32.2. The maximum atomic E-state index is 12.8. The molecule has 4 rings (SSSR count). The average Bonchev–Trinajstić information content (AvgIpc) is 3.45. The van der Waals surface area contributed by atoms with Crippen molar-refractivity contribution in [3.63, 3.8) is 0 Å². The molecule has 1 amide bonds. The van der Waals surface area contributed by atoms with Gasteiger partial charge >= 0.3 is 24.3 Å². The lowest BCUT2D eigenvalue weighted by Gasteiger charge is -2.32. The molecule has 0 aromatic carbocycles. The third-order valence-electron chi connectivity index (χ3n) is 6.03. The monoisotopic (exact) mass is 573 g/mol. The molecule has 220 valence electrons. The molecule has 2 unspecified atom stereocenters. The van der Waals surface area contributed by atoms with E-state index in [1.807, 2.05) is 11.0 Å². The minimum atomic E-state index is -5.08. The van der Waals surface area contributed by atoms with E-state index >= 15 is 0 Å². The van der Waals surface area contributed by atoms with E-state index in [1.54, 1.807) is 18.5 Å². The van der Waals surface area contributed by atoms with Crippen LogP contribution in [0.5, 0.6) is 0 Å². The number of carbonyl (C=O) groups is 3. The van der Waals surface area contributed by atoms with Crippen molar-refractivity contribution in [1.82, 2.24) is 14.8 Å². The van der Waals surface area contributed by atoms with Gasteiger partial charge in [-0.2, -0.15) is 26.3 Å². The Morgan fingerprint density at radius 2 is 1.62 bits per heavy atom. The number of aliphatic carboxylic acids is 2. The third-order valence-corrected chi connectivity index (χ3v) is 6.03. The molecule has 4 heterocycles. The summed E-state index contributed by atoms with van der Waals surface area (Å²) in [6, 6.07) is 3.62. The predicted molar refractivity (Wildman–Crippen MR) is 121 cm³/mol. The van der Waals surface area contributed by atoms with E-state index < -0.39 is 24.3 Å². The van der Waals surface area contributed by atoms with E-state index in [4.69, 9.17) is 29.3 Å². The Labute approximate surface area is 219 Å². The molecule has 39 heavy (non-hydrogen) atoms. The molecule has 10 nitrogen and oxygen atoms in total. The van der Waals surface area contributed by atoms with Crippen LogP contribution >= 0.6 is 0 Å². The van der Waals surface area contributed by atoms with Gasteiger partial charge in [0, 0.05) is 25.5 Å². The molecule has 1 aromatic heterocycles. The molecule has 0 aliphatic carbocycles. The molecule has 1 spiro atoms. The normalized spacial score (nSPS) is 23.7. The fraction of sp³-hybridized carbons (Fsp3) is 0.652. The SMILES string of the molecule is O=C(O)C(F)(F)F.O=C(O)C(F)(F)F.O=C(c1cccnc1)N1CCOCC2(CCC(CN3CCCC3)O2)C1. The van der Waals surface area contributed by atoms with Crippen molar-refractivity contribution in [3.8, 4) is 0 Å². The third kappa shape index (κ3) is 10.6. The maximum Gasteiger partial charge on any atom is 0.490 e. The van der Waals surface area contributed by atoms with E-state index in [0.29, 0.717) is 31.9 Å². The Bertz CT molecular complexity index is 934. The summed E-state index contributed by atoms with van der Waals surface area (Å²) in [4.78, 5) is 39.1. The van der Waals surface area contributed by atoms with Gasteiger partial charge in [-0.3, -0.25) is 9.78 Å². The van der Waals surface area contributed by atoms with Crippen LogP contribution in [0.25, 0.3) is 0 Å². The van der Waals surface area contributed by atoms with Crippen molar-refractivity contribution in [1.29, 1.82) is 0 Å². The second-order valence-corrected chi connectivity index (χ2v) is 9.10. The van der Waals surface area contributed by atoms with Crippen molar-refractivity contribution in [2.45, 2.75) is 49.7 Å². The highest BCUT2D eigenvalue weighted by Crippen LogP contribution is 2.34. The fourth-order valence-electron chi connectivity index (χ4n) is 4.25. The highest BCUT2D eigenvalue weighted by Gasteiger charge is 2.44. The van der Waals surface area contributed by atoms with E-state index in [1.165, 1.54) is 25.9 Å². The van der Waals surface area contributed by atoms with Crippen LogP contribution in [-0.2, 0) is 19.1 Å². The van der Waals surface area contributed by atoms with Gasteiger partial charge in [-0.25, -0.2) is 9.59 Å². The molecule has 3 fully saturated rings. The standard InChI is InChI=1S/C19H27N3O3.2C2HF3O2/c23-18(16-4-3-7-20-12-16)22-10-11-24-15-19(14-22)6-5-17(25-19)13-21-8-1-2-9-21;2*3-2(4,5)1(6)7/h3-4,7,12,17H,1-2,5-6,8-11,13-15H2;2*(H,6,7). The van der Waals surface area contributed by atoms with E-state index in [9.17, 15) is 31.1 Å². The van der Waals surface area contributed by atoms with E-state index in [-0.39, 0.29) is 17.6 Å². The molecule has 2 atom stereocenters. The lowest BCUT2D eigenvalue weighted by atomic mass is 9.99. The summed E-state index contributed by atoms with van der Waals surface area (Å²) >= 11 is 0. The molecule has 0 bridgehead atoms. The molecule has 16 heteroatoms. The summed E-state index contributed by atoms with van der Waals surface area (Å²) in [6.45, 7) is 5.75. The van der Waals surface area contributed by atoms with Gasteiger partial charge in [0.2, 0.25) is 0 Å². The Kier molecular flexibility index (Phi) is 11.5. The zero-order valence-electron chi connectivity index (χ0n) is 20.7. The average molecular weight is 573 g/mol. The zero-order chi connectivity index (χ0) is 29.3. The number of pyridine rings is 1. The number of carbonyl (C=O) groups excluding carboxylic acids is 1. The van der Waals surface area contributed by atoms with Crippen molar-refractivity contribution in [2.24, 2.45) is 0 Å². The van der Waals surface area contributed by atoms with Crippen LogP contribution in [-0.4, -0.2) is 113 Å². The highest BCUT2D eigenvalue weighted by molar-refractivity contribution is 5.94. The minimum absolute atomic E-state index is 0.0181. The Morgan fingerprint density at radius 3 is 2.13 bits per heavy atom. The van der Waals surface area contributed by atoms with Crippen LogP contribution in [0.4, 0.5) is 26.3 Å². The largest absolute Gasteiger partial charge is 0.490 e. The predicted octanol–water partition coefficient (Wildman–Crippen LogP) is 2.83. The van der Waals surface area contributed by atoms with Crippen LogP contribution in [0.2, 0.25) is 0 Å². The van der Waals surface area contributed by atoms with Crippen molar-refractivity contribution in [3.05, 3.63) is 30.1 Å². The highest BCUT2D eigenvalue weighted by atomic mass is 19.4. The second kappa shape index (κ2) is 13.9. The number of amides is 1. The first-order valence-corrected chi connectivity index (χ1v) is 11.9. The van der Waals surface area contributed by atoms with Crippen LogP contribution in [0.15, 0.2) is 24.5 Å². The maximum absolute atomic E-state index is 12.8. The quantitative estimate of drug-likeness (QED) is 0.525. The van der Waals surface area contributed by atoms with Crippen LogP contribution in [0.1, 0.15) is 36.0 Å². The van der Waals surface area contributed by atoms with Gasteiger partial charge in [-0.1, -0.05) is 0 Å². The van der Waals surface area contributed by atoms with E-state index in [0.717, 1.165) is 19.4 Å². The molecule has 2 N–H and O–H groups in total. The number of halogens is 6. The summed E-state index contributed by atoms with van der Waals surface area (Å²) in [5.74, 6) is -5.50. The lowest BCUT2D eigenvalue weighted by molar-refractivity contribution is -0.193.